The molecule has 0 aliphatic heterocycles. The molecule has 78 valence electrons. The van der Waals surface area contributed by atoms with Crippen LogP contribution < -0.4 is 0 Å². The normalized spacial score (nSPS) is 15.1. The van der Waals surface area contributed by atoms with Crippen LogP contribution in [0, 0.1) is 5.82 Å². The van der Waals surface area contributed by atoms with Crippen molar-refractivity contribution in [2.24, 2.45) is 0 Å². The zero-order chi connectivity index (χ0) is 10.6. The van der Waals surface area contributed by atoms with Crippen LogP contribution >= 0.6 is 0 Å². The Morgan fingerprint density at radius 3 is 2.50 bits per heavy atom. The summed E-state index contributed by atoms with van der Waals surface area (Å²) in [6, 6.07) is 5.66. The van der Waals surface area contributed by atoms with Crippen molar-refractivity contribution < 1.29 is 17.9 Å². The van der Waals surface area contributed by atoms with Crippen molar-refractivity contribution in [1.29, 1.82) is 0 Å². The van der Waals surface area contributed by atoms with Gasteiger partial charge in [0.2, 0.25) is 0 Å². The van der Waals surface area contributed by atoms with E-state index in [-0.39, 0.29) is 11.6 Å². The van der Waals surface area contributed by atoms with Crippen molar-refractivity contribution in [1.82, 2.24) is 0 Å². The topological polar surface area (TPSA) is 46.5 Å². The van der Waals surface area contributed by atoms with Gasteiger partial charge in [-0.15, -0.1) is 0 Å². The van der Waals surface area contributed by atoms with E-state index in [9.17, 15) is 8.60 Å². The summed E-state index contributed by atoms with van der Waals surface area (Å²) < 4.78 is 36.8. The lowest BCUT2D eigenvalue weighted by molar-refractivity contribution is 0.121. The third kappa shape index (κ3) is 3.17. The van der Waals surface area contributed by atoms with E-state index in [4.69, 9.17) is 9.29 Å². The molecule has 0 aliphatic carbocycles. The molecule has 0 amide bonds. The molecule has 0 heterocycles. The number of halogens is 1. The molecule has 1 N–H and O–H groups in total. The third-order valence-electron chi connectivity index (χ3n) is 1.82. The summed E-state index contributed by atoms with van der Waals surface area (Å²) >= 11 is -1.92. The molecule has 3 nitrogen and oxygen atoms in total. The van der Waals surface area contributed by atoms with Gasteiger partial charge in [-0.3, -0.25) is 0 Å². The van der Waals surface area contributed by atoms with Gasteiger partial charge in [-0.1, -0.05) is 12.1 Å². The molecule has 0 aromatic heterocycles. The summed E-state index contributed by atoms with van der Waals surface area (Å²) in [7, 11) is 1.45. The van der Waals surface area contributed by atoms with Crippen molar-refractivity contribution in [2.75, 3.05) is 12.9 Å². The van der Waals surface area contributed by atoms with Crippen LogP contribution in [0.15, 0.2) is 24.3 Å². The van der Waals surface area contributed by atoms with Crippen molar-refractivity contribution in [3.8, 4) is 0 Å². The van der Waals surface area contributed by atoms with Crippen molar-refractivity contribution in [3.63, 3.8) is 0 Å². The number of hydrogen-bond acceptors (Lipinski definition) is 2. The highest BCUT2D eigenvalue weighted by molar-refractivity contribution is 7.79. The van der Waals surface area contributed by atoms with Gasteiger partial charge in [-0.05, 0) is 17.7 Å². The van der Waals surface area contributed by atoms with E-state index in [2.05, 4.69) is 0 Å². The third-order valence-corrected chi connectivity index (χ3v) is 2.41. The summed E-state index contributed by atoms with van der Waals surface area (Å²) in [6.45, 7) is 0. The van der Waals surface area contributed by atoms with E-state index < -0.39 is 17.2 Å². The maximum absolute atomic E-state index is 12.6. The SMILES string of the molecule is COC(CS(=O)O)c1ccc(F)cc1. The molecule has 0 saturated carbocycles. The first-order valence-electron chi connectivity index (χ1n) is 3.99. The summed E-state index contributed by atoms with van der Waals surface area (Å²) in [4.78, 5) is 0. The van der Waals surface area contributed by atoms with Gasteiger partial charge in [0, 0.05) is 7.11 Å². The van der Waals surface area contributed by atoms with Crippen LogP contribution in [0.4, 0.5) is 4.39 Å². The highest BCUT2D eigenvalue weighted by Gasteiger charge is 2.13. The molecule has 5 heteroatoms. The Morgan fingerprint density at radius 1 is 1.50 bits per heavy atom. The second-order valence-electron chi connectivity index (χ2n) is 2.76. The fourth-order valence-corrected chi connectivity index (χ4v) is 1.69. The molecule has 14 heavy (non-hydrogen) atoms. The number of methoxy groups -OCH3 is 1. The van der Waals surface area contributed by atoms with Crippen LogP contribution in [-0.2, 0) is 15.8 Å². The maximum atomic E-state index is 12.6. The lowest BCUT2D eigenvalue weighted by Gasteiger charge is -2.13. The molecule has 1 aromatic rings. The number of benzene rings is 1. The molecule has 1 rings (SSSR count). The second-order valence-corrected chi connectivity index (χ2v) is 3.74. The summed E-state index contributed by atoms with van der Waals surface area (Å²) in [5.74, 6) is -0.351. The minimum Gasteiger partial charge on any atom is -0.376 e. The van der Waals surface area contributed by atoms with E-state index in [1.807, 2.05) is 0 Å². The Morgan fingerprint density at radius 2 is 2.07 bits per heavy atom. The molecule has 0 saturated heterocycles. The van der Waals surface area contributed by atoms with Crippen molar-refractivity contribution in [2.45, 2.75) is 6.10 Å². The van der Waals surface area contributed by atoms with Crippen molar-refractivity contribution >= 4 is 11.1 Å². The average Bonchev–Trinajstić information content (AvgIpc) is 2.15. The van der Waals surface area contributed by atoms with E-state index >= 15 is 0 Å². The minimum absolute atomic E-state index is 0.0118. The highest BCUT2D eigenvalue weighted by atomic mass is 32.2. The molecular weight excluding hydrogens is 207 g/mol. The van der Waals surface area contributed by atoms with Crippen molar-refractivity contribution in [3.05, 3.63) is 35.6 Å². The molecule has 2 atom stereocenters. The van der Waals surface area contributed by atoms with Gasteiger partial charge in [0.1, 0.15) is 5.82 Å². The Kier molecular flexibility index (Phi) is 4.19. The van der Waals surface area contributed by atoms with Crippen LogP contribution in [0.3, 0.4) is 0 Å². The summed E-state index contributed by atoms with van der Waals surface area (Å²) in [5.41, 5.74) is 0.691. The minimum atomic E-state index is -1.92. The molecule has 2 unspecified atom stereocenters. The number of rotatable bonds is 4. The first-order valence-corrected chi connectivity index (χ1v) is 5.26. The van der Waals surface area contributed by atoms with Crippen LogP contribution in [0.25, 0.3) is 0 Å². The van der Waals surface area contributed by atoms with Crippen LogP contribution in [0.2, 0.25) is 0 Å². The summed E-state index contributed by atoms with van der Waals surface area (Å²) in [5, 5.41) is 0. The van der Waals surface area contributed by atoms with Gasteiger partial charge in [0.05, 0.1) is 11.9 Å². The van der Waals surface area contributed by atoms with Gasteiger partial charge in [-0.25, -0.2) is 8.60 Å². The van der Waals surface area contributed by atoms with Gasteiger partial charge in [-0.2, -0.15) is 0 Å². The number of ether oxygens (including phenoxy) is 1. The van der Waals surface area contributed by atoms with Crippen LogP contribution in [0.5, 0.6) is 0 Å². The Hall–Kier alpha value is -0.780. The lowest BCUT2D eigenvalue weighted by Crippen LogP contribution is -2.10. The zero-order valence-electron chi connectivity index (χ0n) is 7.64. The van der Waals surface area contributed by atoms with Gasteiger partial charge >= 0.3 is 0 Å². The largest absolute Gasteiger partial charge is 0.376 e. The monoisotopic (exact) mass is 218 g/mol. The van der Waals surface area contributed by atoms with Gasteiger partial charge < -0.3 is 9.29 Å². The second kappa shape index (κ2) is 5.19. The summed E-state index contributed by atoms with van der Waals surface area (Å²) in [6.07, 6.45) is -0.471. The predicted octanol–water partition coefficient (Wildman–Crippen LogP) is 1.73. The quantitative estimate of drug-likeness (QED) is 0.783. The van der Waals surface area contributed by atoms with E-state index in [1.165, 1.54) is 31.4 Å². The molecule has 0 bridgehead atoms. The maximum Gasteiger partial charge on any atom is 0.155 e. The van der Waals surface area contributed by atoms with E-state index in [1.54, 1.807) is 0 Å². The first kappa shape index (κ1) is 11.3. The Labute approximate surface area is 84.2 Å². The smallest absolute Gasteiger partial charge is 0.155 e. The molecular formula is C9H11FO3S. The molecule has 1 aromatic carbocycles. The lowest BCUT2D eigenvalue weighted by atomic mass is 10.1. The fraction of sp³-hybridized carbons (Fsp3) is 0.333. The molecule has 0 fully saturated rings. The standard InChI is InChI=1S/C9H11FO3S/c1-13-9(6-14(11)12)7-2-4-8(10)5-3-7/h2-5,9H,6H2,1H3,(H,11,12). The zero-order valence-corrected chi connectivity index (χ0v) is 8.46. The molecule has 0 radical (unpaired) electrons. The first-order chi connectivity index (χ1) is 6.63. The fourth-order valence-electron chi connectivity index (χ4n) is 1.11. The predicted molar refractivity (Wildman–Crippen MR) is 51.8 cm³/mol. The highest BCUT2D eigenvalue weighted by Crippen LogP contribution is 2.17. The Balaban J connectivity index is 2.78. The number of hydrogen-bond donors (Lipinski definition) is 1. The van der Waals surface area contributed by atoms with E-state index in [0.717, 1.165) is 0 Å². The molecule has 0 aliphatic rings. The average molecular weight is 218 g/mol. The van der Waals surface area contributed by atoms with Gasteiger partial charge in [0.15, 0.2) is 11.1 Å². The van der Waals surface area contributed by atoms with Crippen LogP contribution in [-0.4, -0.2) is 21.6 Å². The van der Waals surface area contributed by atoms with Gasteiger partial charge in [0.25, 0.3) is 0 Å². The van der Waals surface area contributed by atoms with Crippen LogP contribution in [0.1, 0.15) is 11.7 Å². The van der Waals surface area contributed by atoms with E-state index in [0.29, 0.717) is 5.56 Å². The molecule has 0 spiro atoms. The Bertz CT molecular complexity index is 312.